The van der Waals surface area contributed by atoms with Crippen molar-refractivity contribution in [2.24, 2.45) is 0 Å². The average Bonchev–Trinajstić information content (AvgIpc) is 2.92. The Labute approximate surface area is 146 Å². The van der Waals surface area contributed by atoms with Crippen LogP contribution >= 0.6 is 0 Å². The first-order chi connectivity index (χ1) is 12.0. The Morgan fingerprint density at radius 1 is 1.28 bits per heavy atom. The van der Waals surface area contributed by atoms with Crippen LogP contribution in [0.2, 0.25) is 0 Å². The van der Waals surface area contributed by atoms with Gasteiger partial charge in [0.25, 0.3) is 5.91 Å². The number of carbonyl (C=O) groups excluding carboxylic acids is 1. The largest absolute Gasteiger partial charge is 0.503 e. The lowest BCUT2D eigenvalue weighted by Crippen LogP contribution is -2.17. The Morgan fingerprint density at radius 2 is 2.08 bits per heavy atom. The molecule has 1 amide bonds. The van der Waals surface area contributed by atoms with Crippen LogP contribution in [-0.2, 0) is 17.8 Å². The van der Waals surface area contributed by atoms with Crippen molar-refractivity contribution in [2.75, 3.05) is 6.54 Å². The van der Waals surface area contributed by atoms with Crippen molar-refractivity contribution >= 4 is 5.91 Å². The van der Waals surface area contributed by atoms with Crippen LogP contribution in [0.4, 0.5) is 0 Å². The maximum Gasteiger partial charge on any atom is 0.286 e. The number of benzene rings is 1. The maximum atomic E-state index is 11.3. The lowest BCUT2D eigenvalue weighted by atomic mass is 9.98. The molecule has 6 heteroatoms. The molecule has 2 N–H and O–H groups in total. The Kier molecular flexibility index (Phi) is 4.97. The molecule has 2 heterocycles. The van der Waals surface area contributed by atoms with E-state index in [2.05, 4.69) is 41.3 Å². The molecule has 6 nitrogen and oxygen atoms in total. The van der Waals surface area contributed by atoms with Crippen LogP contribution in [-0.4, -0.2) is 27.5 Å². The number of nitrogens with zero attached hydrogens (tertiary/aromatic N) is 2. The maximum absolute atomic E-state index is 11.3. The summed E-state index contributed by atoms with van der Waals surface area (Å²) in [6, 6.07) is 9.92. The number of carbonyl (C=O) groups is 1. The second-order valence-electron chi connectivity index (χ2n) is 6.30. The molecule has 0 bridgehead atoms. The Bertz CT molecular complexity index is 815. The van der Waals surface area contributed by atoms with Crippen LogP contribution in [0.15, 0.2) is 48.0 Å². The van der Waals surface area contributed by atoms with E-state index < -0.39 is 5.91 Å². The third kappa shape index (κ3) is 3.96. The molecule has 2 aromatic rings. The number of hydrogen-bond donors (Lipinski definition) is 2. The summed E-state index contributed by atoms with van der Waals surface area (Å²) in [6.07, 6.45) is 1.81. The molecule has 0 radical (unpaired) electrons. The van der Waals surface area contributed by atoms with E-state index >= 15 is 0 Å². The average molecular weight is 339 g/mol. The van der Waals surface area contributed by atoms with E-state index in [1.54, 1.807) is 6.07 Å². The van der Waals surface area contributed by atoms with Gasteiger partial charge in [0.15, 0.2) is 5.76 Å². The van der Waals surface area contributed by atoms with Gasteiger partial charge in [-0.2, -0.15) is 0 Å². The zero-order valence-corrected chi connectivity index (χ0v) is 14.3. The number of aliphatic hydroxyl groups is 1. The van der Waals surface area contributed by atoms with E-state index in [9.17, 15) is 9.90 Å². The zero-order valence-electron chi connectivity index (χ0n) is 14.3. The fraction of sp³-hybridized carbons (Fsp3) is 0.316. The molecule has 0 unspecified atom stereocenters. The molecule has 0 atom stereocenters. The third-order valence-corrected chi connectivity index (χ3v) is 4.16. The molecule has 0 saturated carbocycles. The summed E-state index contributed by atoms with van der Waals surface area (Å²) in [5.74, 6) is 0.238. The van der Waals surface area contributed by atoms with Crippen molar-refractivity contribution < 1.29 is 14.6 Å². The number of ether oxygens (including phenoxy) is 1. The predicted molar refractivity (Wildman–Crippen MR) is 93.3 cm³/mol. The van der Waals surface area contributed by atoms with E-state index in [0.29, 0.717) is 42.6 Å². The summed E-state index contributed by atoms with van der Waals surface area (Å²) in [6.45, 7) is 5.07. The van der Waals surface area contributed by atoms with Gasteiger partial charge in [-0.05, 0) is 17.0 Å². The van der Waals surface area contributed by atoms with Gasteiger partial charge in [-0.3, -0.25) is 4.79 Å². The van der Waals surface area contributed by atoms with Crippen LogP contribution in [0, 0.1) is 0 Å². The van der Waals surface area contributed by atoms with E-state index in [-0.39, 0.29) is 5.76 Å². The Balaban J connectivity index is 1.70. The summed E-state index contributed by atoms with van der Waals surface area (Å²) in [7, 11) is 0. The molecule has 1 aliphatic heterocycles. The number of aliphatic hydroxyl groups excluding tert-OH is 1. The van der Waals surface area contributed by atoms with Crippen molar-refractivity contribution in [3.8, 4) is 5.88 Å². The first-order valence-electron chi connectivity index (χ1n) is 8.25. The summed E-state index contributed by atoms with van der Waals surface area (Å²) < 4.78 is 5.82. The van der Waals surface area contributed by atoms with Gasteiger partial charge in [0.1, 0.15) is 12.9 Å². The van der Waals surface area contributed by atoms with Gasteiger partial charge < -0.3 is 15.2 Å². The standard InChI is InChI=1S/C19H21N3O3/c1-12(2)16-6-4-3-5-13(16)10-25-17-8-15(21-11-22-17)7-14-9-20-19(24)18(14)23/h3-6,8,11-12,23H,7,9-10H2,1-2H3,(H,20,24). The highest BCUT2D eigenvalue weighted by Crippen LogP contribution is 2.21. The van der Waals surface area contributed by atoms with Crippen molar-refractivity contribution in [3.63, 3.8) is 0 Å². The SMILES string of the molecule is CC(C)c1ccccc1COc1cc(CC2=C(O)C(=O)NC2)ncn1. The van der Waals surface area contributed by atoms with Crippen LogP contribution in [0.3, 0.4) is 0 Å². The topological polar surface area (TPSA) is 84.3 Å². The second-order valence-corrected chi connectivity index (χ2v) is 6.30. The summed E-state index contributed by atoms with van der Waals surface area (Å²) in [4.78, 5) is 19.6. The molecule has 0 aliphatic carbocycles. The van der Waals surface area contributed by atoms with Crippen LogP contribution < -0.4 is 10.1 Å². The highest BCUT2D eigenvalue weighted by Gasteiger charge is 2.22. The lowest BCUT2D eigenvalue weighted by molar-refractivity contribution is -0.118. The lowest BCUT2D eigenvalue weighted by Gasteiger charge is -2.13. The van der Waals surface area contributed by atoms with Crippen LogP contribution in [0.1, 0.15) is 36.6 Å². The second kappa shape index (κ2) is 7.34. The first-order valence-corrected chi connectivity index (χ1v) is 8.25. The van der Waals surface area contributed by atoms with Gasteiger partial charge in [-0.15, -0.1) is 0 Å². The molecule has 3 rings (SSSR count). The zero-order chi connectivity index (χ0) is 17.8. The van der Waals surface area contributed by atoms with Crippen molar-refractivity contribution in [3.05, 3.63) is 64.8 Å². The quantitative estimate of drug-likeness (QED) is 0.845. The molecule has 25 heavy (non-hydrogen) atoms. The summed E-state index contributed by atoms with van der Waals surface area (Å²) >= 11 is 0. The van der Waals surface area contributed by atoms with E-state index in [1.165, 1.54) is 11.9 Å². The van der Waals surface area contributed by atoms with E-state index in [0.717, 1.165) is 5.56 Å². The van der Waals surface area contributed by atoms with Crippen molar-refractivity contribution in [2.45, 2.75) is 32.8 Å². The molecule has 0 spiro atoms. The van der Waals surface area contributed by atoms with Crippen LogP contribution in [0.25, 0.3) is 0 Å². The molecule has 1 aliphatic rings. The minimum absolute atomic E-state index is 0.216. The van der Waals surface area contributed by atoms with E-state index in [4.69, 9.17) is 4.74 Å². The molecule has 130 valence electrons. The normalized spacial score (nSPS) is 14.1. The van der Waals surface area contributed by atoms with Gasteiger partial charge in [-0.1, -0.05) is 38.1 Å². The number of nitrogens with one attached hydrogen (secondary N) is 1. The van der Waals surface area contributed by atoms with Gasteiger partial charge in [0, 0.05) is 24.6 Å². The summed E-state index contributed by atoms with van der Waals surface area (Å²) in [5.41, 5.74) is 3.70. The smallest absolute Gasteiger partial charge is 0.286 e. The van der Waals surface area contributed by atoms with Crippen molar-refractivity contribution in [1.82, 2.24) is 15.3 Å². The molecule has 1 aromatic carbocycles. The number of amides is 1. The first kappa shape index (κ1) is 17.0. The molecular weight excluding hydrogens is 318 g/mol. The van der Waals surface area contributed by atoms with Crippen molar-refractivity contribution in [1.29, 1.82) is 0 Å². The third-order valence-electron chi connectivity index (χ3n) is 4.16. The number of hydrogen-bond acceptors (Lipinski definition) is 5. The van der Waals surface area contributed by atoms with E-state index in [1.807, 2.05) is 12.1 Å². The minimum atomic E-state index is -0.439. The Morgan fingerprint density at radius 3 is 2.80 bits per heavy atom. The molecular formula is C19H21N3O3. The summed E-state index contributed by atoms with van der Waals surface area (Å²) in [5, 5.41) is 12.3. The molecule has 1 aromatic heterocycles. The highest BCUT2D eigenvalue weighted by atomic mass is 16.5. The highest BCUT2D eigenvalue weighted by molar-refractivity contribution is 5.94. The molecule has 0 saturated heterocycles. The fourth-order valence-corrected chi connectivity index (χ4v) is 2.81. The Hall–Kier alpha value is -2.89. The predicted octanol–water partition coefficient (Wildman–Crippen LogP) is 2.66. The molecule has 0 fully saturated rings. The van der Waals surface area contributed by atoms with Crippen LogP contribution in [0.5, 0.6) is 5.88 Å². The monoisotopic (exact) mass is 339 g/mol. The van der Waals surface area contributed by atoms with Gasteiger partial charge >= 0.3 is 0 Å². The van der Waals surface area contributed by atoms with Gasteiger partial charge in [-0.25, -0.2) is 9.97 Å². The minimum Gasteiger partial charge on any atom is -0.503 e. The number of rotatable bonds is 6. The van der Waals surface area contributed by atoms with Gasteiger partial charge in [0.2, 0.25) is 5.88 Å². The number of aromatic nitrogens is 2. The van der Waals surface area contributed by atoms with Gasteiger partial charge in [0.05, 0.1) is 5.69 Å². The fourth-order valence-electron chi connectivity index (χ4n) is 2.81.